The lowest BCUT2D eigenvalue weighted by Crippen LogP contribution is -2.47. The number of piperidine rings is 1. The molecule has 3 rings (SSSR count). The maximum Gasteiger partial charge on any atom is 0.234 e. The molecule has 0 saturated carbocycles. The molecule has 0 spiro atoms. The molecule has 0 aliphatic carbocycles. The molecule has 2 N–H and O–H groups in total. The number of carbonyl (C=O) groups is 1. The monoisotopic (exact) mass is 354 g/mol. The third kappa shape index (κ3) is 4.35. The molecule has 0 bridgehead atoms. The van der Waals surface area contributed by atoms with Crippen LogP contribution in [0.3, 0.4) is 0 Å². The Morgan fingerprint density at radius 3 is 2.81 bits per heavy atom. The van der Waals surface area contributed by atoms with Crippen LogP contribution in [0.1, 0.15) is 30.4 Å². The molecule has 26 heavy (non-hydrogen) atoms. The van der Waals surface area contributed by atoms with Gasteiger partial charge in [0.1, 0.15) is 5.75 Å². The van der Waals surface area contributed by atoms with Crippen LogP contribution in [0.4, 0.5) is 0 Å². The van der Waals surface area contributed by atoms with Crippen LogP contribution in [0.2, 0.25) is 0 Å². The van der Waals surface area contributed by atoms with Crippen LogP contribution in [-0.2, 0) is 11.3 Å². The number of amides is 1. The van der Waals surface area contributed by atoms with Crippen molar-refractivity contribution in [3.63, 3.8) is 0 Å². The van der Waals surface area contributed by atoms with Gasteiger partial charge in [-0.25, -0.2) is 0 Å². The van der Waals surface area contributed by atoms with Gasteiger partial charge in [-0.05, 0) is 61.7 Å². The van der Waals surface area contributed by atoms with Gasteiger partial charge in [-0.2, -0.15) is 0 Å². The second-order valence-corrected chi connectivity index (χ2v) is 6.79. The fourth-order valence-electron chi connectivity index (χ4n) is 3.43. The van der Waals surface area contributed by atoms with Gasteiger partial charge in [0.15, 0.2) is 11.5 Å². The maximum atomic E-state index is 11.7. The van der Waals surface area contributed by atoms with Crippen LogP contribution in [-0.4, -0.2) is 30.5 Å². The van der Waals surface area contributed by atoms with E-state index in [1.807, 2.05) is 49.4 Å². The van der Waals surface area contributed by atoms with E-state index >= 15 is 0 Å². The van der Waals surface area contributed by atoms with E-state index in [1.165, 1.54) is 0 Å². The van der Waals surface area contributed by atoms with Crippen LogP contribution in [0, 0.1) is 6.92 Å². The SMILES string of the molecule is COc1ccc(C)cc1Oc1cccc(CN2CCCCC2C(N)=O)c1. The molecular formula is C21H26N2O3. The molecule has 2 aromatic rings. The number of aryl methyl sites for hydroxylation is 1. The summed E-state index contributed by atoms with van der Waals surface area (Å²) in [5.41, 5.74) is 7.78. The van der Waals surface area contributed by atoms with Gasteiger partial charge in [-0.15, -0.1) is 0 Å². The van der Waals surface area contributed by atoms with Crippen molar-refractivity contribution < 1.29 is 14.3 Å². The van der Waals surface area contributed by atoms with Gasteiger partial charge < -0.3 is 15.2 Å². The largest absolute Gasteiger partial charge is 0.493 e. The molecule has 2 aromatic carbocycles. The van der Waals surface area contributed by atoms with Crippen molar-refractivity contribution in [2.24, 2.45) is 5.73 Å². The molecule has 5 heteroatoms. The predicted molar refractivity (Wildman–Crippen MR) is 101 cm³/mol. The molecule has 0 aromatic heterocycles. The fraction of sp³-hybridized carbons (Fsp3) is 0.381. The van der Waals surface area contributed by atoms with E-state index in [1.54, 1.807) is 7.11 Å². The van der Waals surface area contributed by atoms with E-state index in [-0.39, 0.29) is 11.9 Å². The molecular weight excluding hydrogens is 328 g/mol. The smallest absolute Gasteiger partial charge is 0.234 e. The molecule has 1 amide bonds. The Morgan fingerprint density at radius 2 is 2.04 bits per heavy atom. The van der Waals surface area contributed by atoms with Gasteiger partial charge >= 0.3 is 0 Å². The summed E-state index contributed by atoms with van der Waals surface area (Å²) in [5.74, 6) is 1.91. The number of methoxy groups -OCH3 is 1. The highest BCUT2D eigenvalue weighted by Gasteiger charge is 2.26. The highest BCUT2D eigenvalue weighted by molar-refractivity contribution is 5.79. The normalized spacial score (nSPS) is 17.7. The number of carbonyl (C=O) groups excluding carboxylic acids is 1. The van der Waals surface area contributed by atoms with Gasteiger partial charge in [0.05, 0.1) is 13.2 Å². The molecule has 1 aliphatic rings. The number of nitrogens with zero attached hydrogens (tertiary/aromatic N) is 1. The number of benzene rings is 2. The number of nitrogens with two attached hydrogens (primary N) is 1. The van der Waals surface area contributed by atoms with E-state index in [0.29, 0.717) is 18.0 Å². The van der Waals surface area contributed by atoms with Crippen molar-refractivity contribution in [2.75, 3.05) is 13.7 Å². The predicted octanol–water partition coefficient (Wildman–Crippen LogP) is 3.64. The van der Waals surface area contributed by atoms with E-state index in [0.717, 1.165) is 42.7 Å². The number of likely N-dealkylation sites (tertiary alicyclic amines) is 1. The van der Waals surface area contributed by atoms with Gasteiger partial charge in [-0.3, -0.25) is 9.69 Å². The first-order chi connectivity index (χ1) is 12.6. The van der Waals surface area contributed by atoms with Crippen LogP contribution in [0.25, 0.3) is 0 Å². The van der Waals surface area contributed by atoms with Crippen molar-refractivity contribution in [3.05, 3.63) is 53.6 Å². The van der Waals surface area contributed by atoms with Crippen molar-refractivity contribution in [3.8, 4) is 17.2 Å². The summed E-state index contributed by atoms with van der Waals surface area (Å²) >= 11 is 0. The lowest BCUT2D eigenvalue weighted by Gasteiger charge is -2.33. The summed E-state index contributed by atoms with van der Waals surface area (Å²) in [5, 5.41) is 0. The number of hydrogen-bond donors (Lipinski definition) is 1. The fourth-order valence-corrected chi connectivity index (χ4v) is 3.43. The molecule has 5 nitrogen and oxygen atoms in total. The van der Waals surface area contributed by atoms with Crippen molar-refractivity contribution in [2.45, 2.75) is 38.8 Å². The van der Waals surface area contributed by atoms with Crippen LogP contribution >= 0.6 is 0 Å². The van der Waals surface area contributed by atoms with E-state index < -0.39 is 0 Å². The molecule has 0 radical (unpaired) electrons. The van der Waals surface area contributed by atoms with E-state index in [4.69, 9.17) is 15.2 Å². The van der Waals surface area contributed by atoms with Crippen molar-refractivity contribution in [1.29, 1.82) is 0 Å². The molecule has 1 fully saturated rings. The zero-order chi connectivity index (χ0) is 18.5. The third-order valence-electron chi connectivity index (χ3n) is 4.77. The quantitative estimate of drug-likeness (QED) is 0.860. The first-order valence-corrected chi connectivity index (χ1v) is 9.01. The minimum Gasteiger partial charge on any atom is -0.493 e. The molecule has 1 unspecified atom stereocenters. The number of rotatable bonds is 6. The Morgan fingerprint density at radius 1 is 1.19 bits per heavy atom. The molecule has 1 atom stereocenters. The van der Waals surface area contributed by atoms with Crippen molar-refractivity contribution >= 4 is 5.91 Å². The maximum absolute atomic E-state index is 11.7. The van der Waals surface area contributed by atoms with Crippen LogP contribution in [0.5, 0.6) is 17.2 Å². The summed E-state index contributed by atoms with van der Waals surface area (Å²) in [6, 6.07) is 13.6. The minimum atomic E-state index is -0.235. The number of hydrogen-bond acceptors (Lipinski definition) is 4. The summed E-state index contributed by atoms with van der Waals surface area (Å²) in [6.07, 6.45) is 2.99. The molecule has 1 heterocycles. The topological polar surface area (TPSA) is 64.8 Å². The van der Waals surface area contributed by atoms with E-state index in [2.05, 4.69) is 4.90 Å². The Bertz CT molecular complexity index is 776. The molecule has 1 aliphatic heterocycles. The van der Waals surface area contributed by atoms with Gasteiger partial charge in [0.2, 0.25) is 5.91 Å². The van der Waals surface area contributed by atoms with Crippen LogP contribution in [0.15, 0.2) is 42.5 Å². The Kier molecular flexibility index (Phi) is 5.78. The zero-order valence-electron chi connectivity index (χ0n) is 15.4. The average Bonchev–Trinajstić information content (AvgIpc) is 2.62. The Labute approximate surface area is 154 Å². The lowest BCUT2D eigenvalue weighted by molar-refractivity contribution is -0.124. The lowest BCUT2D eigenvalue weighted by atomic mass is 10.0. The standard InChI is InChI=1S/C21H26N2O3/c1-15-9-10-19(25-2)20(12-15)26-17-7-5-6-16(13-17)14-23-11-4-3-8-18(23)21(22)24/h5-7,9-10,12-13,18H,3-4,8,11,14H2,1-2H3,(H2,22,24). The molecule has 1 saturated heterocycles. The first kappa shape index (κ1) is 18.3. The highest BCUT2D eigenvalue weighted by atomic mass is 16.5. The van der Waals surface area contributed by atoms with Gasteiger partial charge in [0, 0.05) is 6.54 Å². The summed E-state index contributed by atoms with van der Waals surface area (Å²) < 4.78 is 11.4. The zero-order valence-corrected chi connectivity index (χ0v) is 15.4. The minimum absolute atomic E-state index is 0.176. The number of primary amides is 1. The summed E-state index contributed by atoms with van der Waals surface area (Å²) in [4.78, 5) is 13.9. The molecule has 138 valence electrons. The Balaban J connectivity index is 1.76. The van der Waals surface area contributed by atoms with E-state index in [9.17, 15) is 4.79 Å². The second kappa shape index (κ2) is 8.23. The second-order valence-electron chi connectivity index (χ2n) is 6.79. The summed E-state index contributed by atoms with van der Waals surface area (Å²) in [7, 11) is 1.63. The number of ether oxygens (including phenoxy) is 2. The summed E-state index contributed by atoms with van der Waals surface area (Å²) in [6.45, 7) is 3.60. The van der Waals surface area contributed by atoms with Gasteiger partial charge in [0.25, 0.3) is 0 Å². The third-order valence-corrected chi connectivity index (χ3v) is 4.77. The van der Waals surface area contributed by atoms with Gasteiger partial charge in [-0.1, -0.05) is 24.6 Å². The van der Waals surface area contributed by atoms with Crippen molar-refractivity contribution in [1.82, 2.24) is 4.90 Å². The highest BCUT2D eigenvalue weighted by Crippen LogP contribution is 2.32. The first-order valence-electron chi connectivity index (χ1n) is 9.01. The van der Waals surface area contributed by atoms with Crippen LogP contribution < -0.4 is 15.2 Å². The Hall–Kier alpha value is -2.53. The average molecular weight is 354 g/mol.